The molecule has 144 valence electrons. The van der Waals surface area contributed by atoms with E-state index in [1.54, 1.807) is 10.9 Å². The van der Waals surface area contributed by atoms with Crippen LogP contribution in [0.3, 0.4) is 0 Å². The van der Waals surface area contributed by atoms with Gasteiger partial charge in [-0.25, -0.2) is 9.97 Å². The lowest BCUT2D eigenvalue weighted by atomic mass is 9.70. The molecule has 1 atom stereocenters. The van der Waals surface area contributed by atoms with Gasteiger partial charge >= 0.3 is 0 Å². The third kappa shape index (κ3) is 2.88. The maximum Gasteiger partial charge on any atom is 0.257 e. The molecule has 1 amide bonds. The van der Waals surface area contributed by atoms with Crippen molar-refractivity contribution in [2.75, 3.05) is 52.2 Å². The number of likely N-dealkylation sites (N-methyl/N-ethyl adjacent to an activating group) is 1. The number of hydrogen-bond acceptors (Lipinski definition) is 6. The molecule has 2 saturated heterocycles. The summed E-state index contributed by atoms with van der Waals surface area (Å²) in [7, 11) is 7.92. The van der Waals surface area contributed by atoms with Crippen LogP contribution in [0.1, 0.15) is 27.7 Å². The molecule has 0 saturated carbocycles. The quantitative estimate of drug-likeness (QED) is 0.795. The first-order valence-corrected chi connectivity index (χ1v) is 9.27. The Bertz CT molecular complexity index is 869. The van der Waals surface area contributed by atoms with Crippen molar-refractivity contribution >= 4 is 11.9 Å². The molecular weight excluding hydrogens is 342 g/mol. The zero-order chi connectivity index (χ0) is 19.3. The molecule has 2 aliphatic rings. The molecule has 2 aromatic rings. The third-order valence-electron chi connectivity index (χ3n) is 6.00. The molecule has 0 aromatic carbocycles. The molecule has 0 aliphatic carbocycles. The first-order valence-electron chi connectivity index (χ1n) is 9.27. The molecule has 1 unspecified atom stereocenters. The molecule has 4 heterocycles. The minimum Gasteiger partial charge on any atom is -0.347 e. The van der Waals surface area contributed by atoms with Crippen molar-refractivity contribution in [1.82, 2.24) is 29.5 Å². The molecule has 2 aromatic heterocycles. The van der Waals surface area contributed by atoms with E-state index in [-0.39, 0.29) is 11.3 Å². The normalized spacial score (nSPS) is 21.5. The van der Waals surface area contributed by atoms with Crippen LogP contribution >= 0.6 is 0 Å². The lowest BCUT2D eigenvalue weighted by Gasteiger charge is -2.51. The van der Waals surface area contributed by atoms with Crippen LogP contribution in [0, 0.1) is 12.3 Å². The third-order valence-corrected chi connectivity index (χ3v) is 6.00. The average molecular weight is 369 g/mol. The van der Waals surface area contributed by atoms with Gasteiger partial charge in [-0.1, -0.05) is 0 Å². The number of hydrogen-bond donors (Lipinski definition) is 0. The van der Waals surface area contributed by atoms with Gasteiger partial charge < -0.3 is 14.7 Å². The smallest absolute Gasteiger partial charge is 0.257 e. The Morgan fingerprint density at radius 3 is 2.63 bits per heavy atom. The summed E-state index contributed by atoms with van der Waals surface area (Å²) in [5, 5.41) is 4.21. The number of rotatable bonds is 3. The van der Waals surface area contributed by atoms with Gasteiger partial charge in [0.1, 0.15) is 0 Å². The SMILES string of the molecule is Cc1c(C(=O)N2CC3(CN(C)CC3c3ccnc(N(C)C)n3)C2)cnn1C. The van der Waals surface area contributed by atoms with E-state index in [1.165, 1.54) is 0 Å². The van der Waals surface area contributed by atoms with Gasteiger partial charge in [-0.15, -0.1) is 0 Å². The van der Waals surface area contributed by atoms with E-state index in [4.69, 9.17) is 4.98 Å². The van der Waals surface area contributed by atoms with E-state index < -0.39 is 0 Å². The van der Waals surface area contributed by atoms with E-state index in [9.17, 15) is 4.79 Å². The fourth-order valence-corrected chi connectivity index (χ4v) is 4.45. The van der Waals surface area contributed by atoms with Crippen molar-refractivity contribution in [3.8, 4) is 0 Å². The van der Waals surface area contributed by atoms with Gasteiger partial charge in [0, 0.05) is 70.5 Å². The predicted molar refractivity (Wildman–Crippen MR) is 103 cm³/mol. The molecular formula is C19H27N7O. The van der Waals surface area contributed by atoms with E-state index in [0.717, 1.165) is 43.5 Å². The summed E-state index contributed by atoms with van der Waals surface area (Å²) in [6.07, 6.45) is 3.51. The Morgan fingerprint density at radius 1 is 1.26 bits per heavy atom. The molecule has 2 aliphatic heterocycles. The lowest BCUT2D eigenvalue weighted by Crippen LogP contribution is -2.61. The topological polar surface area (TPSA) is 70.4 Å². The zero-order valence-electron chi connectivity index (χ0n) is 16.7. The summed E-state index contributed by atoms with van der Waals surface area (Å²) in [6, 6.07) is 2.02. The Balaban J connectivity index is 1.55. The van der Waals surface area contributed by atoms with Crippen molar-refractivity contribution in [3.63, 3.8) is 0 Å². The van der Waals surface area contributed by atoms with Crippen molar-refractivity contribution in [2.24, 2.45) is 12.5 Å². The van der Waals surface area contributed by atoms with Crippen LogP contribution in [0.25, 0.3) is 0 Å². The van der Waals surface area contributed by atoms with Crippen LogP contribution in [0.2, 0.25) is 0 Å². The molecule has 27 heavy (non-hydrogen) atoms. The van der Waals surface area contributed by atoms with Crippen molar-refractivity contribution < 1.29 is 4.79 Å². The minimum atomic E-state index is 0.0679. The van der Waals surface area contributed by atoms with E-state index >= 15 is 0 Å². The molecule has 1 spiro atoms. The predicted octanol–water partition coefficient (Wildman–Crippen LogP) is 0.756. The summed E-state index contributed by atoms with van der Waals surface area (Å²) in [5.74, 6) is 1.12. The van der Waals surface area contributed by atoms with Crippen LogP contribution in [0.5, 0.6) is 0 Å². The highest BCUT2D eigenvalue weighted by atomic mass is 16.2. The van der Waals surface area contributed by atoms with Crippen LogP contribution in [-0.2, 0) is 7.05 Å². The molecule has 8 heteroatoms. The Morgan fingerprint density at radius 2 is 2.00 bits per heavy atom. The molecule has 4 rings (SSSR count). The number of aryl methyl sites for hydroxylation is 1. The monoisotopic (exact) mass is 369 g/mol. The largest absolute Gasteiger partial charge is 0.347 e. The van der Waals surface area contributed by atoms with Gasteiger partial charge in [0.2, 0.25) is 5.95 Å². The number of nitrogens with zero attached hydrogens (tertiary/aromatic N) is 7. The van der Waals surface area contributed by atoms with Gasteiger partial charge in [-0.05, 0) is 20.0 Å². The van der Waals surface area contributed by atoms with Crippen molar-refractivity contribution in [2.45, 2.75) is 12.8 Å². The molecule has 0 bridgehead atoms. The zero-order valence-corrected chi connectivity index (χ0v) is 16.7. The van der Waals surface area contributed by atoms with Crippen molar-refractivity contribution in [3.05, 3.63) is 35.4 Å². The first kappa shape index (κ1) is 17.9. The number of carbonyl (C=O) groups excluding carboxylic acids is 1. The molecule has 2 fully saturated rings. The number of aromatic nitrogens is 4. The Labute approximate surface area is 159 Å². The van der Waals surface area contributed by atoms with Gasteiger partial charge in [-0.3, -0.25) is 9.48 Å². The number of anilines is 1. The second-order valence-corrected chi connectivity index (χ2v) is 8.22. The first-order chi connectivity index (χ1) is 12.8. The van der Waals surface area contributed by atoms with Gasteiger partial charge in [-0.2, -0.15) is 5.10 Å². The maximum absolute atomic E-state index is 12.9. The number of amides is 1. The van der Waals surface area contributed by atoms with Crippen LogP contribution in [-0.4, -0.2) is 82.8 Å². The highest BCUT2D eigenvalue weighted by molar-refractivity contribution is 5.95. The van der Waals surface area contributed by atoms with Crippen molar-refractivity contribution in [1.29, 1.82) is 0 Å². The highest BCUT2D eigenvalue weighted by Crippen LogP contribution is 2.48. The number of carbonyl (C=O) groups is 1. The van der Waals surface area contributed by atoms with E-state index in [0.29, 0.717) is 11.5 Å². The van der Waals surface area contributed by atoms with E-state index in [2.05, 4.69) is 22.0 Å². The Kier molecular flexibility index (Phi) is 4.18. The van der Waals surface area contributed by atoms with Gasteiger partial charge in [0.05, 0.1) is 17.5 Å². The highest BCUT2D eigenvalue weighted by Gasteiger charge is 2.55. The summed E-state index contributed by atoms with van der Waals surface area (Å²) < 4.78 is 1.75. The van der Waals surface area contributed by atoms with Crippen LogP contribution in [0.15, 0.2) is 18.5 Å². The Hall–Kier alpha value is -2.48. The maximum atomic E-state index is 12.9. The number of likely N-dealkylation sites (tertiary alicyclic amines) is 2. The second kappa shape index (κ2) is 6.30. The van der Waals surface area contributed by atoms with Gasteiger partial charge in [0.25, 0.3) is 5.91 Å². The molecule has 0 radical (unpaired) electrons. The summed E-state index contributed by atoms with van der Waals surface area (Å²) in [6.45, 7) is 5.39. The summed E-state index contributed by atoms with van der Waals surface area (Å²) >= 11 is 0. The average Bonchev–Trinajstić information content (AvgIpc) is 3.13. The van der Waals surface area contributed by atoms with E-state index in [1.807, 2.05) is 50.1 Å². The van der Waals surface area contributed by atoms with Crippen LogP contribution in [0.4, 0.5) is 5.95 Å². The van der Waals surface area contributed by atoms with Gasteiger partial charge in [0.15, 0.2) is 0 Å². The second-order valence-electron chi connectivity index (χ2n) is 8.22. The fraction of sp³-hybridized carbons (Fsp3) is 0.579. The minimum absolute atomic E-state index is 0.0679. The molecule has 8 nitrogen and oxygen atoms in total. The fourth-order valence-electron chi connectivity index (χ4n) is 4.45. The summed E-state index contributed by atoms with van der Waals surface area (Å²) in [5.41, 5.74) is 2.75. The van der Waals surface area contributed by atoms with Crippen LogP contribution < -0.4 is 4.90 Å². The molecule has 0 N–H and O–H groups in total. The standard InChI is InChI=1S/C19H27N7O/c1-13-14(8-21-25(13)5)17(27)26-11-19(12-26)10-24(4)9-15(19)16-6-7-20-18(22-16)23(2)3/h6-8,15H,9-12H2,1-5H3. The summed E-state index contributed by atoms with van der Waals surface area (Å²) in [4.78, 5) is 28.2. The lowest BCUT2D eigenvalue weighted by molar-refractivity contribution is 0.00348.